The van der Waals surface area contributed by atoms with E-state index < -0.39 is 0 Å². The molecule has 0 aromatic heterocycles. The molecule has 0 spiro atoms. The molecule has 5 heteroatoms. The number of nitrogens with two attached hydrogens (primary N) is 1. The Bertz CT molecular complexity index is 488. The third kappa shape index (κ3) is 2.81. The maximum atomic E-state index is 10.00. The standard InChI is InChI=1S/C14H21N3O2/c1-9-3-4-12(11(7-9)14(15)16-19)17-6-5-10(2)13(18)8-17/h3-4,7,10,13,18-19H,5-6,8H2,1-2H3,(H2,15,16). The summed E-state index contributed by atoms with van der Waals surface area (Å²) in [5, 5.41) is 22.0. The van der Waals surface area contributed by atoms with Crippen LogP contribution in [0.3, 0.4) is 0 Å². The molecular weight excluding hydrogens is 242 g/mol. The van der Waals surface area contributed by atoms with Gasteiger partial charge in [-0.05, 0) is 31.4 Å². The van der Waals surface area contributed by atoms with E-state index in [4.69, 9.17) is 10.9 Å². The molecule has 104 valence electrons. The number of aliphatic hydroxyl groups is 1. The van der Waals surface area contributed by atoms with Crippen molar-refractivity contribution in [3.63, 3.8) is 0 Å². The molecule has 2 atom stereocenters. The molecular formula is C14H21N3O2. The minimum Gasteiger partial charge on any atom is -0.409 e. The number of aliphatic hydroxyl groups excluding tert-OH is 1. The molecule has 4 N–H and O–H groups in total. The van der Waals surface area contributed by atoms with Gasteiger partial charge in [-0.3, -0.25) is 0 Å². The Balaban J connectivity index is 2.34. The van der Waals surface area contributed by atoms with Gasteiger partial charge in [-0.15, -0.1) is 0 Å². The predicted molar refractivity (Wildman–Crippen MR) is 75.7 cm³/mol. The minimum absolute atomic E-state index is 0.104. The zero-order chi connectivity index (χ0) is 14.0. The van der Waals surface area contributed by atoms with Crippen molar-refractivity contribution < 1.29 is 10.3 Å². The lowest BCUT2D eigenvalue weighted by molar-refractivity contribution is 0.103. The second-order valence-corrected chi connectivity index (χ2v) is 5.29. The number of nitrogens with zero attached hydrogens (tertiary/aromatic N) is 2. The fraction of sp³-hybridized carbons (Fsp3) is 0.500. The van der Waals surface area contributed by atoms with E-state index in [1.165, 1.54) is 0 Å². The van der Waals surface area contributed by atoms with Crippen LogP contribution in [0.1, 0.15) is 24.5 Å². The van der Waals surface area contributed by atoms with Gasteiger partial charge in [-0.25, -0.2) is 0 Å². The largest absolute Gasteiger partial charge is 0.409 e. The van der Waals surface area contributed by atoms with Crippen molar-refractivity contribution in [3.05, 3.63) is 29.3 Å². The second kappa shape index (κ2) is 5.48. The Hall–Kier alpha value is -1.75. The van der Waals surface area contributed by atoms with Crippen molar-refractivity contribution in [3.8, 4) is 0 Å². The fourth-order valence-electron chi connectivity index (χ4n) is 2.45. The Morgan fingerprint density at radius 2 is 2.21 bits per heavy atom. The molecule has 0 radical (unpaired) electrons. The number of benzene rings is 1. The first-order valence-electron chi connectivity index (χ1n) is 6.54. The van der Waals surface area contributed by atoms with E-state index in [2.05, 4.69) is 17.0 Å². The van der Waals surface area contributed by atoms with Gasteiger partial charge in [0.1, 0.15) is 0 Å². The summed E-state index contributed by atoms with van der Waals surface area (Å²) in [5.41, 5.74) is 8.42. The highest BCUT2D eigenvalue weighted by Gasteiger charge is 2.26. The van der Waals surface area contributed by atoms with Crippen LogP contribution in [-0.4, -0.2) is 35.3 Å². The van der Waals surface area contributed by atoms with Gasteiger partial charge in [0.2, 0.25) is 0 Å². The molecule has 0 aliphatic carbocycles. The number of β-amino-alcohol motifs (C(OH)–C–C–N with tert-alkyl or cyclic N) is 1. The highest BCUT2D eigenvalue weighted by atomic mass is 16.4. The molecule has 1 fully saturated rings. The van der Waals surface area contributed by atoms with Gasteiger partial charge in [-0.2, -0.15) is 0 Å². The van der Waals surface area contributed by atoms with E-state index in [-0.39, 0.29) is 11.9 Å². The molecule has 0 amide bonds. The minimum atomic E-state index is -0.338. The van der Waals surface area contributed by atoms with Crippen molar-refractivity contribution in [2.45, 2.75) is 26.4 Å². The summed E-state index contributed by atoms with van der Waals surface area (Å²) in [6.07, 6.45) is 0.597. The van der Waals surface area contributed by atoms with E-state index in [1.54, 1.807) is 0 Å². The van der Waals surface area contributed by atoms with E-state index >= 15 is 0 Å². The number of anilines is 1. The lowest BCUT2D eigenvalue weighted by atomic mass is 9.95. The zero-order valence-electron chi connectivity index (χ0n) is 11.4. The van der Waals surface area contributed by atoms with Gasteiger partial charge in [0.05, 0.1) is 6.10 Å². The third-order valence-corrected chi connectivity index (χ3v) is 3.80. The summed E-state index contributed by atoms with van der Waals surface area (Å²) in [5.74, 6) is 0.417. The van der Waals surface area contributed by atoms with Gasteiger partial charge >= 0.3 is 0 Å². The lowest BCUT2D eigenvalue weighted by Gasteiger charge is -2.36. The first-order valence-corrected chi connectivity index (χ1v) is 6.54. The molecule has 1 aromatic carbocycles. The van der Waals surface area contributed by atoms with Crippen LogP contribution in [0.25, 0.3) is 0 Å². The number of hydrogen-bond acceptors (Lipinski definition) is 4. The van der Waals surface area contributed by atoms with Gasteiger partial charge in [-0.1, -0.05) is 23.7 Å². The summed E-state index contributed by atoms with van der Waals surface area (Å²) in [7, 11) is 0. The molecule has 1 aliphatic rings. The van der Waals surface area contributed by atoms with Crippen molar-refractivity contribution in [1.82, 2.24) is 0 Å². The highest BCUT2D eigenvalue weighted by molar-refractivity contribution is 6.02. The number of piperidine rings is 1. The van der Waals surface area contributed by atoms with Gasteiger partial charge < -0.3 is 20.9 Å². The summed E-state index contributed by atoms with van der Waals surface area (Å²) >= 11 is 0. The molecule has 1 aliphatic heterocycles. The van der Waals surface area contributed by atoms with Crippen LogP contribution < -0.4 is 10.6 Å². The average Bonchev–Trinajstić information content (AvgIpc) is 2.41. The summed E-state index contributed by atoms with van der Waals surface area (Å²) in [6.45, 7) is 5.47. The van der Waals surface area contributed by atoms with Crippen molar-refractivity contribution >= 4 is 11.5 Å². The molecule has 2 rings (SSSR count). The van der Waals surface area contributed by atoms with Crippen LogP contribution in [0.5, 0.6) is 0 Å². The molecule has 1 aromatic rings. The lowest BCUT2D eigenvalue weighted by Crippen LogP contribution is -2.43. The molecule has 0 bridgehead atoms. The SMILES string of the molecule is Cc1ccc(N2CCC(C)C(O)C2)c(/C(N)=N/O)c1. The summed E-state index contributed by atoms with van der Waals surface area (Å²) in [6, 6.07) is 5.86. The van der Waals surface area contributed by atoms with Crippen LogP contribution in [-0.2, 0) is 0 Å². The van der Waals surface area contributed by atoms with Gasteiger partial charge in [0, 0.05) is 24.3 Å². The predicted octanol–water partition coefficient (Wildman–Crippen LogP) is 1.30. The fourth-order valence-corrected chi connectivity index (χ4v) is 2.45. The Kier molecular flexibility index (Phi) is 3.95. The first-order chi connectivity index (χ1) is 9.02. The maximum absolute atomic E-state index is 10.00. The summed E-state index contributed by atoms with van der Waals surface area (Å²) < 4.78 is 0. The highest BCUT2D eigenvalue weighted by Crippen LogP contribution is 2.27. The van der Waals surface area contributed by atoms with Crippen LogP contribution in [0, 0.1) is 12.8 Å². The molecule has 5 nitrogen and oxygen atoms in total. The zero-order valence-corrected chi connectivity index (χ0v) is 11.4. The van der Waals surface area contributed by atoms with E-state index in [9.17, 15) is 5.11 Å². The molecule has 1 saturated heterocycles. The summed E-state index contributed by atoms with van der Waals surface area (Å²) in [4.78, 5) is 2.09. The number of amidine groups is 1. The van der Waals surface area contributed by atoms with Crippen LogP contribution >= 0.6 is 0 Å². The van der Waals surface area contributed by atoms with Gasteiger partial charge in [0.15, 0.2) is 5.84 Å². The Morgan fingerprint density at radius 1 is 1.47 bits per heavy atom. The van der Waals surface area contributed by atoms with Crippen LogP contribution in [0.2, 0.25) is 0 Å². The second-order valence-electron chi connectivity index (χ2n) is 5.29. The van der Waals surface area contributed by atoms with Crippen LogP contribution in [0.4, 0.5) is 5.69 Å². The smallest absolute Gasteiger partial charge is 0.172 e. The number of hydrogen-bond donors (Lipinski definition) is 3. The molecule has 19 heavy (non-hydrogen) atoms. The van der Waals surface area contributed by atoms with E-state index in [0.717, 1.165) is 24.2 Å². The number of oxime groups is 1. The van der Waals surface area contributed by atoms with E-state index in [1.807, 2.05) is 25.1 Å². The Morgan fingerprint density at radius 3 is 2.84 bits per heavy atom. The maximum Gasteiger partial charge on any atom is 0.172 e. The van der Waals surface area contributed by atoms with Crippen molar-refractivity contribution in [1.29, 1.82) is 0 Å². The molecule has 2 unspecified atom stereocenters. The van der Waals surface area contributed by atoms with Crippen LogP contribution in [0.15, 0.2) is 23.4 Å². The topological polar surface area (TPSA) is 82.1 Å². The number of rotatable bonds is 2. The van der Waals surface area contributed by atoms with E-state index in [0.29, 0.717) is 18.0 Å². The Labute approximate surface area is 113 Å². The van der Waals surface area contributed by atoms with Crippen molar-refractivity contribution in [2.75, 3.05) is 18.0 Å². The number of aryl methyl sites for hydroxylation is 1. The monoisotopic (exact) mass is 263 g/mol. The third-order valence-electron chi connectivity index (χ3n) is 3.80. The first kappa shape index (κ1) is 13.7. The average molecular weight is 263 g/mol. The van der Waals surface area contributed by atoms with Crippen molar-refractivity contribution in [2.24, 2.45) is 16.8 Å². The van der Waals surface area contributed by atoms with Gasteiger partial charge in [0.25, 0.3) is 0 Å². The molecule has 1 heterocycles. The quantitative estimate of drug-likeness (QED) is 0.325. The molecule has 0 saturated carbocycles. The normalized spacial score (nSPS) is 24.6.